The number of aromatic nitrogens is 4. The molecule has 2 aromatic heterocycles. The highest BCUT2D eigenvalue weighted by Crippen LogP contribution is 2.34. The highest BCUT2D eigenvalue weighted by molar-refractivity contribution is 6.58. The van der Waals surface area contributed by atoms with Crippen molar-refractivity contribution in [2.45, 2.75) is 19.4 Å². The van der Waals surface area contributed by atoms with Crippen LogP contribution in [-0.2, 0) is 13.0 Å². The largest absolute Gasteiger partial charge is 0.488 e. The van der Waals surface area contributed by atoms with E-state index in [2.05, 4.69) is 20.4 Å². The Hall–Kier alpha value is -3.96. The number of primary amides is 1. The number of amides is 1. The molecule has 3 heterocycles. The molecule has 11 heteroatoms. The van der Waals surface area contributed by atoms with Crippen molar-refractivity contribution in [3.63, 3.8) is 0 Å². The van der Waals surface area contributed by atoms with Crippen LogP contribution in [0.25, 0.3) is 22.4 Å². The molecule has 4 aromatic rings. The van der Waals surface area contributed by atoms with Gasteiger partial charge in [-0.3, -0.25) is 9.89 Å². The molecule has 0 unspecified atom stereocenters. The Morgan fingerprint density at radius 2 is 2.06 bits per heavy atom. The Morgan fingerprint density at radius 3 is 2.85 bits per heavy atom. The highest BCUT2D eigenvalue weighted by Gasteiger charge is 2.24. The number of hydrogen-bond acceptors (Lipinski definition) is 8. The number of carbonyl (C=O) groups is 1. The van der Waals surface area contributed by atoms with Gasteiger partial charge in [-0.2, -0.15) is 5.10 Å². The Labute approximate surface area is 196 Å². The van der Waals surface area contributed by atoms with Gasteiger partial charge < -0.3 is 26.0 Å². The molecule has 0 radical (unpaired) electrons. The third-order valence-corrected chi connectivity index (χ3v) is 6.05. The number of anilines is 2. The topological polar surface area (TPSA) is 153 Å². The van der Waals surface area contributed by atoms with Gasteiger partial charge >= 0.3 is 7.12 Å². The average Bonchev–Trinajstić information content (AvgIpc) is 3.27. The number of para-hydroxylation sites is 1. The fraction of sp³-hybridized carbons (Fsp3) is 0.217. The van der Waals surface area contributed by atoms with E-state index in [0.29, 0.717) is 45.8 Å². The van der Waals surface area contributed by atoms with Crippen molar-refractivity contribution in [2.75, 3.05) is 23.8 Å². The second kappa shape index (κ2) is 8.77. The molecule has 1 aliphatic rings. The lowest BCUT2D eigenvalue weighted by atomic mass is 9.79. The molecule has 10 nitrogen and oxygen atoms in total. The van der Waals surface area contributed by atoms with Crippen LogP contribution in [0.4, 0.5) is 11.6 Å². The minimum Gasteiger partial charge on any atom is -0.423 e. The Kier molecular flexibility index (Phi) is 5.64. The van der Waals surface area contributed by atoms with Gasteiger partial charge in [0.25, 0.3) is 5.91 Å². The Morgan fingerprint density at radius 1 is 1.24 bits per heavy atom. The van der Waals surface area contributed by atoms with Crippen LogP contribution in [0.2, 0.25) is 0 Å². The summed E-state index contributed by atoms with van der Waals surface area (Å²) in [6.45, 7) is 1.33. The van der Waals surface area contributed by atoms with Crippen LogP contribution < -0.4 is 21.4 Å². The molecule has 0 aliphatic carbocycles. The van der Waals surface area contributed by atoms with E-state index in [9.17, 15) is 14.8 Å². The average molecular weight is 457 g/mol. The third kappa shape index (κ3) is 3.95. The van der Waals surface area contributed by atoms with Gasteiger partial charge in [-0.25, -0.2) is 9.97 Å². The second-order valence-electron chi connectivity index (χ2n) is 8.36. The number of fused-ring (bicyclic) bond motifs is 2. The first kappa shape index (κ1) is 21.9. The van der Waals surface area contributed by atoms with Gasteiger partial charge in [-0.15, -0.1) is 0 Å². The standard InChI is InChI=1S/C23H24BN7O3/c1-31-10-4-9-17-21(26-12-13-5-2-6-14(11-13)24(33)34)27-22(28-23(17)31)19-15-7-3-8-16(20(25)32)18(15)29-30-19/h2-3,5-8,11,33-34H,4,9-10,12H2,1H3,(H2,25,32)(H,29,30)(H,26,27,28). The predicted molar refractivity (Wildman–Crippen MR) is 131 cm³/mol. The summed E-state index contributed by atoms with van der Waals surface area (Å²) in [5.41, 5.74) is 9.30. The van der Waals surface area contributed by atoms with Gasteiger partial charge in [0.1, 0.15) is 17.3 Å². The number of aromatic amines is 1. The van der Waals surface area contributed by atoms with Gasteiger partial charge in [0.05, 0.1) is 11.1 Å². The molecule has 0 saturated heterocycles. The molecule has 0 bridgehead atoms. The maximum absolute atomic E-state index is 11.8. The number of hydrogen-bond donors (Lipinski definition) is 5. The van der Waals surface area contributed by atoms with E-state index in [0.717, 1.165) is 36.3 Å². The fourth-order valence-electron chi connectivity index (χ4n) is 4.34. The van der Waals surface area contributed by atoms with E-state index in [4.69, 9.17) is 15.7 Å². The molecule has 172 valence electrons. The highest BCUT2D eigenvalue weighted by atomic mass is 16.4. The monoisotopic (exact) mass is 457 g/mol. The van der Waals surface area contributed by atoms with Gasteiger partial charge in [0.15, 0.2) is 5.82 Å². The summed E-state index contributed by atoms with van der Waals surface area (Å²) in [6, 6.07) is 12.4. The van der Waals surface area contributed by atoms with E-state index < -0.39 is 13.0 Å². The van der Waals surface area contributed by atoms with Crippen molar-refractivity contribution >= 4 is 41.0 Å². The summed E-state index contributed by atoms with van der Waals surface area (Å²) < 4.78 is 0. The van der Waals surface area contributed by atoms with Gasteiger partial charge in [0, 0.05) is 31.1 Å². The number of H-pyrrole nitrogens is 1. The third-order valence-electron chi connectivity index (χ3n) is 6.05. The van der Waals surface area contributed by atoms with E-state index in [1.54, 1.807) is 30.3 Å². The zero-order chi connectivity index (χ0) is 23.8. The zero-order valence-corrected chi connectivity index (χ0v) is 18.6. The van der Waals surface area contributed by atoms with Crippen LogP contribution in [0, 0.1) is 0 Å². The van der Waals surface area contributed by atoms with Crippen molar-refractivity contribution in [3.05, 3.63) is 59.2 Å². The number of nitrogens with one attached hydrogen (secondary N) is 2. The molecular formula is C23H24BN7O3. The van der Waals surface area contributed by atoms with Gasteiger partial charge in [0.2, 0.25) is 0 Å². The molecule has 2 aromatic carbocycles. The van der Waals surface area contributed by atoms with Crippen molar-refractivity contribution in [1.82, 2.24) is 20.2 Å². The molecule has 5 rings (SSSR count). The van der Waals surface area contributed by atoms with Crippen LogP contribution in [0.15, 0.2) is 42.5 Å². The quantitative estimate of drug-likeness (QED) is 0.267. The fourth-order valence-corrected chi connectivity index (χ4v) is 4.34. The maximum Gasteiger partial charge on any atom is 0.488 e. The lowest BCUT2D eigenvalue weighted by Gasteiger charge is -2.28. The van der Waals surface area contributed by atoms with Crippen molar-refractivity contribution < 1.29 is 14.8 Å². The summed E-state index contributed by atoms with van der Waals surface area (Å²) in [4.78, 5) is 23.6. The Balaban J connectivity index is 1.57. The first-order valence-electron chi connectivity index (χ1n) is 11.0. The van der Waals surface area contributed by atoms with Crippen LogP contribution in [0.3, 0.4) is 0 Å². The summed E-state index contributed by atoms with van der Waals surface area (Å²) >= 11 is 0. The van der Waals surface area contributed by atoms with Crippen molar-refractivity contribution in [2.24, 2.45) is 5.73 Å². The SMILES string of the molecule is CN1CCCc2c(NCc3cccc(B(O)O)c3)nc(-c3n[nH]c4c(C(N)=O)cccc34)nc21. The van der Waals surface area contributed by atoms with Crippen LogP contribution in [0.1, 0.15) is 27.9 Å². The van der Waals surface area contributed by atoms with E-state index >= 15 is 0 Å². The summed E-state index contributed by atoms with van der Waals surface area (Å²) in [6.07, 6.45) is 1.82. The smallest absolute Gasteiger partial charge is 0.423 e. The molecule has 1 aliphatic heterocycles. The lowest BCUT2D eigenvalue weighted by molar-refractivity contribution is 0.100. The number of nitrogens with two attached hydrogens (primary N) is 1. The van der Waals surface area contributed by atoms with Crippen LogP contribution in [0.5, 0.6) is 0 Å². The molecule has 34 heavy (non-hydrogen) atoms. The van der Waals surface area contributed by atoms with Gasteiger partial charge in [-0.05, 0) is 29.9 Å². The second-order valence-corrected chi connectivity index (χ2v) is 8.36. The number of carbonyl (C=O) groups excluding carboxylic acids is 1. The van der Waals surface area contributed by atoms with Gasteiger partial charge in [-0.1, -0.05) is 36.4 Å². The molecule has 1 amide bonds. The summed E-state index contributed by atoms with van der Waals surface area (Å²) in [5, 5.41) is 30.4. The van der Waals surface area contributed by atoms with Crippen LogP contribution in [-0.4, -0.2) is 56.8 Å². The normalized spacial score (nSPS) is 13.1. The van der Waals surface area contributed by atoms with Crippen molar-refractivity contribution in [3.8, 4) is 11.5 Å². The minimum absolute atomic E-state index is 0.357. The first-order valence-corrected chi connectivity index (χ1v) is 11.0. The van der Waals surface area contributed by atoms with E-state index in [1.807, 2.05) is 19.2 Å². The molecule has 0 spiro atoms. The molecule has 0 fully saturated rings. The van der Waals surface area contributed by atoms with E-state index in [-0.39, 0.29) is 0 Å². The number of benzene rings is 2. The summed E-state index contributed by atoms with van der Waals surface area (Å²) in [7, 11) is 0.476. The number of rotatable bonds is 6. The first-order chi connectivity index (χ1) is 16.4. The lowest BCUT2D eigenvalue weighted by Crippen LogP contribution is -2.30. The van der Waals surface area contributed by atoms with Crippen LogP contribution >= 0.6 is 0 Å². The zero-order valence-electron chi connectivity index (χ0n) is 18.6. The molecule has 0 saturated carbocycles. The Bertz CT molecular complexity index is 1390. The molecular weight excluding hydrogens is 433 g/mol. The van der Waals surface area contributed by atoms with Crippen molar-refractivity contribution in [1.29, 1.82) is 0 Å². The minimum atomic E-state index is -1.52. The van der Waals surface area contributed by atoms with E-state index in [1.165, 1.54) is 0 Å². The predicted octanol–water partition coefficient (Wildman–Crippen LogP) is 0.793. The summed E-state index contributed by atoms with van der Waals surface area (Å²) in [5.74, 6) is 1.43. The molecule has 0 atom stereocenters. The maximum atomic E-state index is 11.8. The number of nitrogens with zero attached hydrogens (tertiary/aromatic N) is 4. The molecule has 6 N–H and O–H groups in total.